The van der Waals surface area contributed by atoms with Gasteiger partial charge in [-0.25, -0.2) is 0 Å². The molecule has 2 nitrogen and oxygen atoms in total. The first kappa shape index (κ1) is 12.3. The topological polar surface area (TPSA) is 29.1 Å². The van der Waals surface area contributed by atoms with Gasteiger partial charge in [-0.15, -0.1) is 0 Å². The third-order valence-corrected chi connectivity index (χ3v) is 3.36. The molecule has 1 aliphatic carbocycles. The van der Waals surface area contributed by atoms with E-state index in [1.54, 1.807) is 0 Å². The number of carbonyl (C=O) groups is 1. The van der Waals surface area contributed by atoms with E-state index in [-0.39, 0.29) is 5.92 Å². The normalized spacial score (nSPS) is 22.8. The van der Waals surface area contributed by atoms with Gasteiger partial charge >= 0.3 is 0 Å². The summed E-state index contributed by atoms with van der Waals surface area (Å²) in [6.07, 6.45) is 1.72. The molecule has 92 valence electrons. The molecule has 0 saturated heterocycles. The lowest BCUT2D eigenvalue weighted by Crippen LogP contribution is -2.25. The van der Waals surface area contributed by atoms with E-state index in [2.05, 4.69) is 43.4 Å². The van der Waals surface area contributed by atoms with Gasteiger partial charge in [-0.3, -0.25) is 4.79 Å². The van der Waals surface area contributed by atoms with E-state index in [0.29, 0.717) is 24.2 Å². The molecular formula is C15H21NO. The minimum absolute atomic E-state index is 0.284. The van der Waals surface area contributed by atoms with Gasteiger partial charge in [0.2, 0.25) is 0 Å². The molecule has 17 heavy (non-hydrogen) atoms. The molecule has 0 aliphatic heterocycles. The molecule has 2 heteroatoms. The van der Waals surface area contributed by atoms with Gasteiger partial charge < -0.3 is 5.32 Å². The molecule has 1 aliphatic rings. The summed E-state index contributed by atoms with van der Waals surface area (Å²) in [4.78, 5) is 11.9. The molecule has 2 atom stereocenters. The maximum atomic E-state index is 11.9. The summed E-state index contributed by atoms with van der Waals surface area (Å²) < 4.78 is 0. The van der Waals surface area contributed by atoms with Crippen molar-refractivity contribution in [2.24, 2.45) is 5.92 Å². The van der Waals surface area contributed by atoms with Crippen LogP contribution in [0.15, 0.2) is 30.3 Å². The lowest BCUT2D eigenvalue weighted by atomic mass is 10.1. The Kier molecular flexibility index (Phi) is 3.95. The van der Waals surface area contributed by atoms with E-state index in [4.69, 9.17) is 0 Å². The van der Waals surface area contributed by atoms with Crippen molar-refractivity contribution < 1.29 is 4.79 Å². The van der Waals surface area contributed by atoms with Crippen molar-refractivity contribution in [3.05, 3.63) is 35.9 Å². The van der Waals surface area contributed by atoms with Crippen LogP contribution in [0, 0.1) is 5.92 Å². The van der Waals surface area contributed by atoms with Gasteiger partial charge in [0.05, 0.1) is 0 Å². The highest BCUT2D eigenvalue weighted by atomic mass is 16.1. The molecule has 1 fully saturated rings. The summed E-state index contributed by atoms with van der Waals surface area (Å²) in [5, 5.41) is 3.29. The number of ketones is 1. The van der Waals surface area contributed by atoms with Crippen LogP contribution in [0.25, 0.3) is 0 Å². The number of hydrogen-bond acceptors (Lipinski definition) is 2. The molecule has 0 amide bonds. The monoisotopic (exact) mass is 231 g/mol. The average molecular weight is 231 g/mol. The Morgan fingerprint density at radius 2 is 2.06 bits per heavy atom. The van der Waals surface area contributed by atoms with E-state index in [1.165, 1.54) is 5.56 Å². The molecule has 0 radical (unpaired) electrons. The van der Waals surface area contributed by atoms with Crippen molar-refractivity contribution in [2.75, 3.05) is 6.54 Å². The zero-order chi connectivity index (χ0) is 12.3. The molecular weight excluding hydrogens is 210 g/mol. The number of benzene rings is 1. The predicted octanol–water partition coefficient (Wildman–Crippen LogP) is 2.75. The quantitative estimate of drug-likeness (QED) is 0.815. The second-order valence-electron chi connectivity index (χ2n) is 5.18. The van der Waals surface area contributed by atoms with Crippen molar-refractivity contribution in [1.82, 2.24) is 5.32 Å². The van der Waals surface area contributed by atoms with Gasteiger partial charge in [0, 0.05) is 24.9 Å². The molecule has 0 aromatic heterocycles. The number of hydrogen-bond donors (Lipinski definition) is 1. The van der Waals surface area contributed by atoms with Crippen molar-refractivity contribution in [3.8, 4) is 0 Å². The fourth-order valence-corrected chi connectivity index (χ4v) is 2.29. The minimum atomic E-state index is 0.284. The SMILES string of the molecule is CC(C)NCCC(=O)C1CC1c1ccccc1. The Balaban J connectivity index is 1.77. The zero-order valence-electron chi connectivity index (χ0n) is 10.6. The first-order chi connectivity index (χ1) is 8.18. The minimum Gasteiger partial charge on any atom is -0.314 e. The average Bonchev–Trinajstić information content (AvgIpc) is 3.09. The highest BCUT2D eigenvalue weighted by Crippen LogP contribution is 2.48. The largest absolute Gasteiger partial charge is 0.314 e. The second-order valence-corrected chi connectivity index (χ2v) is 5.18. The lowest BCUT2D eigenvalue weighted by molar-refractivity contribution is -0.120. The molecule has 2 rings (SSSR count). The highest BCUT2D eigenvalue weighted by molar-refractivity contribution is 5.85. The standard InChI is InChI=1S/C15H21NO/c1-11(2)16-9-8-15(17)14-10-13(14)12-6-4-3-5-7-12/h3-7,11,13-14,16H,8-10H2,1-2H3. The van der Waals surface area contributed by atoms with Crippen LogP contribution in [-0.4, -0.2) is 18.4 Å². The maximum absolute atomic E-state index is 11.9. The van der Waals surface area contributed by atoms with Crippen LogP contribution in [0.5, 0.6) is 0 Å². The summed E-state index contributed by atoms with van der Waals surface area (Å²) in [7, 11) is 0. The molecule has 0 heterocycles. The highest BCUT2D eigenvalue weighted by Gasteiger charge is 2.42. The third kappa shape index (κ3) is 3.40. The summed E-state index contributed by atoms with van der Waals surface area (Å²) in [5.41, 5.74) is 1.32. The van der Waals surface area contributed by atoms with E-state index < -0.39 is 0 Å². The van der Waals surface area contributed by atoms with Crippen LogP contribution in [0.1, 0.15) is 38.2 Å². The van der Waals surface area contributed by atoms with Crippen LogP contribution in [0.3, 0.4) is 0 Å². The van der Waals surface area contributed by atoms with E-state index in [1.807, 2.05) is 6.07 Å². The van der Waals surface area contributed by atoms with E-state index >= 15 is 0 Å². The molecule has 0 bridgehead atoms. The van der Waals surface area contributed by atoms with Crippen LogP contribution >= 0.6 is 0 Å². The van der Waals surface area contributed by atoms with Crippen molar-refractivity contribution in [3.63, 3.8) is 0 Å². The Labute approximate surface area is 103 Å². The summed E-state index contributed by atoms with van der Waals surface area (Å²) >= 11 is 0. The van der Waals surface area contributed by atoms with Crippen LogP contribution in [0.2, 0.25) is 0 Å². The lowest BCUT2D eigenvalue weighted by Gasteiger charge is -2.06. The molecule has 2 unspecified atom stereocenters. The van der Waals surface area contributed by atoms with E-state index in [9.17, 15) is 4.79 Å². The van der Waals surface area contributed by atoms with Gasteiger partial charge in [0.15, 0.2) is 0 Å². The number of carbonyl (C=O) groups excluding carboxylic acids is 1. The predicted molar refractivity (Wildman–Crippen MR) is 70.1 cm³/mol. The molecule has 1 N–H and O–H groups in total. The third-order valence-electron chi connectivity index (χ3n) is 3.36. The van der Waals surface area contributed by atoms with Crippen LogP contribution in [0.4, 0.5) is 0 Å². The maximum Gasteiger partial charge on any atom is 0.137 e. The Morgan fingerprint density at radius 3 is 2.71 bits per heavy atom. The van der Waals surface area contributed by atoms with Gasteiger partial charge in [-0.05, 0) is 17.9 Å². The van der Waals surface area contributed by atoms with Crippen molar-refractivity contribution >= 4 is 5.78 Å². The Bertz CT molecular complexity index is 372. The first-order valence-electron chi connectivity index (χ1n) is 6.49. The van der Waals surface area contributed by atoms with Crippen LogP contribution < -0.4 is 5.32 Å². The number of nitrogens with one attached hydrogen (secondary N) is 1. The molecule has 1 aromatic rings. The fraction of sp³-hybridized carbons (Fsp3) is 0.533. The van der Waals surface area contributed by atoms with Crippen molar-refractivity contribution in [1.29, 1.82) is 0 Å². The Morgan fingerprint density at radius 1 is 1.35 bits per heavy atom. The summed E-state index contributed by atoms with van der Waals surface area (Å²) in [6.45, 7) is 5.03. The number of rotatable bonds is 6. The van der Waals surface area contributed by atoms with E-state index in [0.717, 1.165) is 13.0 Å². The second kappa shape index (κ2) is 5.46. The van der Waals surface area contributed by atoms with Crippen LogP contribution in [-0.2, 0) is 4.79 Å². The van der Waals surface area contributed by atoms with Gasteiger partial charge in [0.25, 0.3) is 0 Å². The number of Topliss-reactive ketones (excluding diaryl/α,β-unsaturated/α-hetero) is 1. The zero-order valence-corrected chi connectivity index (χ0v) is 10.6. The summed E-state index contributed by atoms with van der Waals surface area (Å²) in [6, 6.07) is 10.8. The first-order valence-corrected chi connectivity index (χ1v) is 6.49. The van der Waals surface area contributed by atoms with Crippen molar-refractivity contribution in [2.45, 2.75) is 38.6 Å². The van der Waals surface area contributed by atoms with Gasteiger partial charge in [-0.1, -0.05) is 44.2 Å². The van der Waals surface area contributed by atoms with Gasteiger partial charge in [-0.2, -0.15) is 0 Å². The smallest absolute Gasteiger partial charge is 0.137 e. The molecule has 1 aromatic carbocycles. The molecule has 1 saturated carbocycles. The fourth-order valence-electron chi connectivity index (χ4n) is 2.29. The summed E-state index contributed by atoms with van der Waals surface area (Å²) in [5.74, 6) is 1.20. The Hall–Kier alpha value is -1.15. The van der Waals surface area contributed by atoms with Gasteiger partial charge in [0.1, 0.15) is 5.78 Å². The molecule has 0 spiro atoms.